The van der Waals surface area contributed by atoms with Crippen LogP contribution in [-0.2, 0) is 10.0 Å². The minimum absolute atomic E-state index is 0.156. The molecule has 5 heteroatoms. The lowest BCUT2D eigenvalue weighted by Crippen LogP contribution is -2.47. The van der Waals surface area contributed by atoms with Gasteiger partial charge in [0.1, 0.15) is 0 Å². The molecule has 12 heavy (non-hydrogen) atoms. The van der Waals surface area contributed by atoms with Crippen LogP contribution >= 0.6 is 0 Å². The van der Waals surface area contributed by atoms with E-state index in [4.69, 9.17) is 5.73 Å². The largest absolute Gasteiger partial charge is 0.327 e. The first-order valence-corrected chi connectivity index (χ1v) is 5.97. The summed E-state index contributed by atoms with van der Waals surface area (Å²) in [6.45, 7) is 3.13. The summed E-state index contributed by atoms with van der Waals surface area (Å²) in [5.41, 5.74) is 5.76. The van der Waals surface area contributed by atoms with Gasteiger partial charge in [0, 0.05) is 19.1 Å². The molecule has 2 N–H and O–H groups in total. The van der Waals surface area contributed by atoms with E-state index in [2.05, 4.69) is 0 Å². The molecule has 2 atom stereocenters. The van der Waals surface area contributed by atoms with Gasteiger partial charge in [0.25, 0.3) is 0 Å². The van der Waals surface area contributed by atoms with E-state index in [1.807, 2.05) is 6.92 Å². The van der Waals surface area contributed by atoms with E-state index in [1.165, 1.54) is 10.6 Å². The summed E-state index contributed by atoms with van der Waals surface area (Å²) in [5, 5.41) is 0. The number of piperidine rings is 1. The molecule has 1 aliphatic heterocycles. The van der Waals surface area contributed by atoms with Crippen LogP contribution in [0.4, 0.5) is 0 Å². The Hall–Kier alpha value is -0.130. The highest BCUT2D eigenvalue weighted by Crippen LogP contribution is 2.16. The van der Waals surface area contributed by atoms with Gasteiger partial charge in [-0.15, -0.1) is 0 Å². The maximum Gasteiger partial charge on any atom is 0.211 e. The average molecular weight is 192 g/mol. The Morgan fingerprint density at radius 2 is 2.08 bits per heavy atom. The van der Waals surface area contributed by atoms with Crippen LogP contribution in [-0.4, -0.2) is 38.1 Å². The second-order valence-electron chi connectivity index (χ2n) is 3.55. The van der Waals surface area contributed by atoms with Crippen molar-refractivity contribution in [2.75, 3.05) is 19.3 Å². The average Bonchev–Trinajstić information content (AvgIpc) is 1.92. The predicted molar refractivity (Wildman–Crippen MR) is 48.2 cm³/mol. The molecule has 0 spiro atoms. The van der Waals surface area contributed by atoms with E-state index < -0.39 is 10.0 Å². The van der Waals surface area contributed by atoms with Gasteiger partial charge in [-0.25, -0.2) is 12.7 Å². The van der Waals surface area contributed by atoms with Crippen molar-refractivity contribution in [2.24, 2.45) is 11.7 Å². The smallest absolute Gasteiger partial charge is 0.211 e. The molecule has 1 aliphatic rings. The number of nitrogens with zero attached hydrogens (tertiary/aromatic N) is 1. The molecule has 0 aromatic carbocycles. The van der Waals surface area contributed by atoms with E-state index in [0.29, 0.717) is 13.1 Å². The zero-order chi connectivity index (χ0) is 9.35. The Bertz CT molecular complexity index is 250. The number of hydrogen-bond acceptors (Lipinski definition) is 3. The van der Waals surface area contributed by atoms with Gasteiger partial charge in [0.15, 0.2) is 0 Å². The Kier molecular flexibility index (Phi) is 2.75. The fourth-order valence-corrected chi connectivity index (χ4v) is 2.37. The third kappa shape index (κ3) is 2.18. The topological polar surface area (TPSA) is 63.4 Å². The van der Waals surface area contributed by atoms with Crippen molar-refractivity contribution in [1.82, 2.24) is 4.31 Å². The summed E-state index contributed by atoms with van der Waals surface area (Å²) in [6, 6.07) is 0.156. The first kappa shape index (κ1) is 9.95. The van der Waals surface area contributed by atoms with Gasteiger partial charge in [0.2, 0.25) is 10.0 Å². The number of hydrogen-bond donors (Lipinski definition) is 1. The Morgan fingerprint density at radius 1 is 1.50 bits per heavy atom. The van der Waals surface area contributed by atoms with Gasteiger partial charge in [-0.2, -0.15) is 0 Å². The van der Waals surface area contributed by atoms with Crippen LogP contribution < -0.4 is 5.73 Å². The molecule has 0 aromatic rings. The lowest BCUT2D eigenvalue weighted by atomic mass is 9.96. The molecule has 1 fully saturated rings. The standard InChI is InChI=1S/C7H16N2O2S/c1-6-5-9(12(2,10)11)4-3-7(6)8/h6-7H,3-5,8H2,1-2H3/t6-,7+/m0/s1. The van der Waals surface area contributed by atoms with E-state index in [-0.39, 0.29) is 12.0 Å². The highest BCUT2D eigenvalue weighted by molar-refractivity contribution is 7.88. The van der Waals surface area contributed by atoms with Crippen molar-refractivity contribution in [3.8, 4) is 0 Å². The third-order valence-electron chi connectivity index (χ3n) is 2.40. The van der Waals surface area contributed by atoms with Gasteiger partial charge >= 0.3 is 0 Å². The SMILES string of the molecule is C[C@H]1CN(S(C)(=O)=O)CC[C@H]1N. The minimum Gasteiger partial charge on any atom is -0.327 e. The molecule has 1 rings (SSSR count). The molecule has 0 bridgehead atoms. The van der Waals surface area contributed by atoms with Crippen LogP contribution in [0.1, 0.15) is 13.3 Å². The van der Waals surface area contributed by atoms with E-state index in [1.54, 1.807) is 0 Å². The van der Waals surface area contributed by atoms with E-state index in [0.717, 1.165) is 6.42 Å². The molecule has 1 heterocycles. The van der Waals surface area contributed by atoms with Crippen molar-refractivity contribution in [1.29, 1.82) is 0 Å². The molecule has 0 saturated carbocycles. The summed E-state index contributed by atoms with van der Waals surface area (Å²) in [4.78, 5) is 0. The Morgan fingerprint density at radius 3 is 2.50 bits per heavy atom. The third-order valence-corrected chi connectivity index (χ3v) is 3.67. The second kappa shape index (κ2) is 3.32. The molecular weight excluding hydrogens is 176 g/mol. The molecule has 72 valence electrons. The van der Waals surface area contributed by atoms with Crippen LogP contribution in [0.2, 0.25) is 0 Å². The highest BCUT2D eigenvalue weighted by Gasteiger charge is 2.27. The monoisotopic (exact) mass is 192 g/mol. The second-order valence-corrected chi connectivity index (χ2v) is 5.53. The quantitative estimate of drug-likeness (QED) is 0.615. The predicted octanol–water partition coefficient (Wildman–Crippen LogP) is -0.385. The maximum atomic E-state index is 11.1. The van der Waals surface area contributed by atoms with Crippen LogP contribution in [0, 0.1) is 5.92 Å². The first-order valence-electron chi connectivity index (χ1n) is 4.12. The number of nitrogens with two attached hydrogens (primary N) is 1. The Balaban J connectivity index is 2.64. The van der Waals surface area contributed by atoms with Gasteiger partial charge in [-0.3, -0.25) is 0 Å². The zero-order valence-electron chi connectivity index (χ0n) is 7.53. The van der Waals surface area contributed by atoms with Crippen molar-refractivity contribution in [3.63, 3.8) is 0 Å². The number of sulfonamides is 1. The molecule has 0 aromatic heterocycles. The first-order chi connectivity index (χ1) is 5.41. The Labute approximate surface area is 73.8 Å². The molecule has 0 unspecified atom stereocenters. The zero-order valence-corrected chi connectivity index (χ0v) is 8.34. The highest BCUT2D eigenvalue weighted by atomic mass is 32.2. The lowest BCUT2D eigenvalue weighted by Gasteiger charge is -2.33. The van der Waals surface area contributed by atoms with Crippen LogP contribution in [0.3, 0.4) is 0 Å². The van der Waals surface area contributed by atoms with Crippen LogP contribution in [0.5, 0.6) is 0 Å². The van der Waals surface area contributed by atoms with E-state index in [9.17, 15) is 8.42 Å². The fourth-order valence-electron chi connectivity index (χ4n) is 1.43. The normalized spacial score (nSPS) is 33.6. The van der Waals surface area contributed by atoms with Crippen molar-refractivity contribution in [2.45, 2.75) is 19.4 Å². The number of rotatable bonds is 1. The van der Waals surface area contributed by atoms with Gasteiger partial charge < -0.3 is 5.73 Å². The summed E-state index contributed by atoms with van der Waals surface area (Å²) >= 11 is 0. The van der Waals surface area contributed by atoms with Crippen LogP contribution in [0.25, 0.3) is 0 Å². The summed E-state index contributed by atoms with van der Waals surface area (Å²) < 4.78 is 23.7. The van der Waals surface area contributed by atoms with Crippen molar-refractivity contribution >= 4 is 10.0 Å². The van der Waals surface area contributed by atoms with Gasteiger partial charge in [-0.05, 0) is 12.3 Å². The summed E-state index contributed by atoms with van der Waals surface area (Å²) in [5.74, 6) is 0.272. The lowest BCUT2D eigenvalue weighted by molar-refractivity contribution is 0.251. The van der Waals surface area contributed by atoms with Gasteiger partial charge in [0.05, 0.1) is 6.26 Å². The fraction of sp³-hybridized carbons (Fsp3) is 1.00. The minimum atomic E-state index is -3.00. The molecule has 4 nitrogen and oxygen atoms in total. The van der Waals surface area contributed by atoms with E-state index >= 15 is 0 Å². The summed E-state index contributed by atoms with van der Waals surface area (Å²) in [6.07, 6.45) is 2.02. The maximum absolute atomic E-state index is 11.1. The summed E-state index contributed by atoms with van der Waals surface area (Å²) in [7, 11) is -3.00. The van der Waals surface area contributed by atoms with Gasteiger partial charge in [-0.1, -0.05) is 6.92 Å². The molecule has 1 saturated heterocycles. The van der Waals surface area contributed by atoms with Crippen molar-refractivity contribution in [3.05, 3.63) is 0 Å². The van der Waals surface area contributed by atoms with Crippen molar-refractivity contribution < 1.29 is 8.42 Å². The molecule has 0 amide bonds. The van der Waals surface area contributed by atoms with Crippen LogP contribution in [0.15, 0.2) is 0 Å². The molecule has 0 radical (unpaired) electrons. The molecule has 0 aliphatic carbocycles. The molecular formula is C7H16N2O2S.